The molecule has 1 aliphatic carbocycles. The van der Waals surface area contributed by atoms with Crippen molar-refractivity contribution in [1.82, 2.24) is 20.1 Å². The van der Waals surface area contributed by atoms with Crippen LogP contribution in [0.25, 0.3) is 22.0 Å². The zero-order valence-electron chi connectivity index (χ0n) is 16.5. The second kappa shape index (κ2) is 8.88. The molecule has 0 bridgehead atoms. The van der Waals surface area contributed by atoms with Crippen LogP contribution in [0.5, 0.6) is 0 Å². The van der Waals surface area contributed by atoms with E-state index in [1.807, 2.05) is 28.5 Å². The molecule has 0 saturated carbocycles. The van der Waals surface area contributed by atoms with Crippen LogP contribution in [0.15, 0.2) is 79.0 Å². The molecule has 2 heterocycles. The number of thiazole rings is 1. The molecular weight excluding hydrogens is 376 g/mol. The third kappa shape index (κ3) is 4.81. The Kier molecular flexibility index (Phi) is 5.86. The lowest BCUT2D eigenvalue weighted by Gasteiger charge is -2.07. The third-order valence-corrected chi connectivity index (χ3v) is 5.65. The number of aromatic nitrogens is 3. The Morgan fingerprint density at radius 1 is 1.24 bits per heavy atom. The van der Waals surface area contributed by atoms with E-state index in [-0.39, 0.29) is 0 Å². The Hall–Kier alpha value is -3.18. The Bertz CT molecular complexity index is 1080. The summed E-state index contributed by atoms with van der Waals surface area (Å²) in [6.45, 7) is 7.09. The number of allylic oxidation sites excluding steroid dienone is 6. The largest absolute Gasteiger partial charge is 0.383 e. The van der Waals surface area contributed by atoms with Gasteiger partial charge in [0.25, 0.3) is 0 Å². The molecule has 3 aromatic rings. The van der Waals surface area contributed by atoms with E-state index in [4.69, 9.17) is 4.98 Å². The van der Waals surface area contributed by atoms with Crippen molar-refractivity contribution in [2.75, 3.05) is 6.54 Å². The molecule has 0 amide bonds. The van der Waals surface area contributed by atoms with Crippen LogP contribution in [0.2, 0.25) is 0 Å². The van der Waals surface area contributed by atoms with E-state index < -0.39 is 0 Å². The lowest BCUT2D eigenvalue weighted by atomic mass is 10.1. The molecule has 0 radical (unpaired) electrons. The number of nitrogens with zero attached hydrogens (tertiary/aromatic N) is 3. The molecule has 29 heavy (non-hydrogen) atoms. The molecule has 5 heteroatoms. The van der Waals surface area contributed by atoms with Gasteiger partial charge in [0.15, 0.2) is 0 Å². The van der Waals surface area contributed by atoms with Gasteiger partial charge in [0.05, 0.1) is 23.3 Å². The van der Waals surface area contributed by atoms with Gasteiger partial charge in [-0.2, -0.15) is 5.10 Å². The van der Waals surface area contributed by atoms with Crippen LogP contribution in [-0.4, -0.2) is 21.3 Å². The highest BCUT2D eigenvalue weighted by Crippen LogP contribution is 2.26. The highest BCUT2D eigenvalue weighted by atomic mass is 32.1. The SMILES string of the molecule is C=C(NCCc1ccc(C)cc1)c1csc(-c2cnn(C3=CCC=CC=C3)c2)n1. The number of rotatable bonds is 7. The van der Waals surface area contributed by atoms with E-state index in [2.05, 4.69) is 72.5 Å². The Labute approximate surface area is 175 Å². The van der Waals surface area contributed by atoms with Crippen molar-refractivity contribution in [3.05, 3.63) is 95.8 Å². The fourth-order valence-corrected chi connectivity index (χ4v) is 3.87. The minimum atomic E-state index is 0.835. The predicted molar refractivity (Wildman–Crippen MR) is 122 cm³/mol. The molecular formula is C24H24N4S. The third-order valence-electron chi connectivity index (χ3n) is 4.76. The van der Waals surface area contributed by atoms with Crippen molar-refractivity contribution < 1.29 is 0 Å². The smallest absolute Gasteiger partial charge is 0.127 e. The second-order valence-electron chi connectivity index (χ2n) is 7.00. The molecule has 0 saturated heterocycles. The maximum atomic E-state index is 4.75. The Balaban J connectivity index is 1.37. The lowest BCUT2D eigenvalue weighted by Crippen LogP contribution is -2.15. The summed E-state index contributed by atoms with van der Waals surface area (Å²) in [7, 11) is 0. The minimum Gasteiger partial charge on any atom is -0.383 e. The van der Waals surface area contributed by atoms with Crippen molar-refractivity contribution in [3.63, 3.8) is 0 Å². The van der Waals surface area contributed by atoms with Crippen LogP contribution < -0.4 is 5.32 Å². The highest BCUT2D eigenvalue weighted by Gasteiger charge is 2.10. The van der Waals surface area contributed by atoms with Crippen molar-refractivity contribution in [2.45, 2.75) is 19.8 Å². The van der Waals surface area contributed by atoms with E-state index in [0.29, 0.717) is 0 Å². The van der Waals surface area contributed by atoms with Gasteiger partial charge < -0.3 is 5.32 Å². The molecule has 0 atom stereocenters. The van der Waals surface area contributed by atoms with Gasteiger partial charge in [-0.05, 0) is 31.4 Å². The molecule has 1 aromatic carbocycles. The highest BCUT2D eigenvalue weighted by molar-refractivity contribution is 7.13. The van der Waals surface area contributed by atoms with Gasteiger partial charge in [-0.15, -0.1) is 11.3 Å². The Morgan fingerprint density at radius 3 is 2.97 bits per heavy atom. The van der Waals surface area contributed by atoms with E-state index >= 15 is 0 Å². The molecule has 4 rings (SSSR count). The second-order valence-corrected chi connectivity index (χ2v) is 7.86. The molecule has 1 aliphatic rings. The first-order valence-corrected chi connectivity index (χ1v) is 10.6. The van der Waals surface area contributed by atoms with Crippen LogP contribution in [0, 0.1) is 6.92 Å². The van der Waals surface area contributed by atoms with Gasteiger partial charge in [0.1, 0.15) is 5.01 Å². The zero-order chi connectivity index (χ0) is 20.1. The van der Waals surface area contributed by atoms with Gasteiger partial charge in [-0.1, -0.05) is 60.7 Å². The van der Waals surface area contributed by atoms with Gasteiger partial charge in [-0.3, -0.25) is 0 Å². The van der Waals surface area contributed by atoms with Crippen LogP contribution in [0.3, 0.4) is 0 Å². The first kappa shape index (κ1) is 19.2. The summed E-state index contributed by atoms with van der Waals surface area (Å²) < 4.78 is 1.90. The molecule has 4 nitrogen and oxygen atoms in total. The number of hydrogen-bond acceptors (Lipinski definition) is 4. The van der Waals surface area contributed by atoms with Crippen molar-refractivity contribution in [3.8, 4) is 10.6 Å². The zero-order valence-corrected chi connectivity index (χ0v) is 17.3. The number of benzene rings is 1. The lowest BCUT2D eigenvalue weighted by molar-refractivity contribution is 0.846. The first-order valence-electron chi connectivity index (χ1n) is 9.72. The Morgan fingerprint density at radius 2 is 2.10 bits per heavy atom. The van der Waals surface area contributed by atoms with Crippen molar-refractivity contribution in [2.24, 2.45) is 0 Å². The molecule has 0 aliphatic heterocycles. The molecule has 2 aromatic heterocycles. The van der Waals surface area contributed by atoms with E-state index in [1.165, 1.54) is 11.1 Å². The summed E-state index contributed by atoms with van der Waals surface area (Å²) in [5.41, 5.74) is 6.43. The summed E-state index contributed by atoms with van der Waals surface area (Å²) >= 11 is 1.61. The quantitative estimate of drug-likeness (QED) is 0.571. The standard InChI is InChI=1S/C24H24N4S/c1-18-9-11-20(12-10-18)13-14-25-19(2)23-17-29-24(27-23)21-15-26-28(16-21)22-7-5-3-4-6-8-22/h3-5,7-12,15-17,25H,2,6,13-14H2,1H3. The average molecular weight is 401 g/mol. The topological polar surface area (TPSA) is 42.7 Å². The van der Waals surface area contributed by atoms with Crippen LogP contribution in [0.1, 0.15) is 23.2 Å². The van der Waals surface area contributed by atoms with Gasteiger partial charge in [0.2, 0.25) is 0 Å². The molecule has 0 spiro atoms. The number of nitrogens with one attached hydrogen (secondary N) is 1. The van der Waals surface area contributed by atoms with E-state index in [1.54, 1.807) is 11.3 Å². The monoisotopic (exact) mass is 400 g/mol. The molecule has 146 valence electrons. The maximum absolute atomic E-state index is 4.75. The van der Waals surface area contributed by atoms with Crippen LogP contribution >= 0.6 is 11.3 Å². The minimum absolute atomic E-state index is 0.835. The maximum Gasteiger partial charge on any atom is 0.127 e. The first-order chi connectivity index (χ1) is 14.2. The summed E-state index contributed by atoms with van der Waals surface area (Å²) in [4.78, 5) is 4.75. The normalized spacial score (nSPS) is 13.2. The van der Waals surface area contributed by atoms with E-state index in [0.717, 1.165) is 47.0 Å². The summed E-state index contributed by atoms with van der Waals surface area (Å²) in [6, 6.07) is 8.64. The summed E-state index contributed by atoms with van der Waals surface area (Å²) in [6.07, 6.45) is 16.2. The molecule has 1 N–H and O–H groups in total. The fourth-order valence-electron chi connectivity index (χ4n) is 3.06. The molecule has 0 fully saturated rings. The average Bonchev–Trinajstić information content (AvgIpc) is 3.33. The van der Waals surface area contributed by atoms with Crippen molar-refractivity contribution in [1.29, 1.82) is 0 Å². The summed E-state index contributed by atoms with van der Waals surface area (Å²) in [5, 5.41) is 10.9. The number of aryl methyl sites for hydroxylation is 1. The van der Waals surface area contributed by atoms with Crippen LogP contribution in [-0.2, 0) is 6.42 Å². The van der Waals surface area contributed by atoms with Gasteiger partial charge >= 0.3 is 0 Å². The summed E-state index contributed by atoms with van der Waals surface area (Å²) in [5.74, 6) is 0. The van der Waals surface area contributed by atoms with Crippen molar-refractivity contribution >= 4 is 22.7 Å². The predicted octanol–water partition coefficient (Wildman–Crippen LogP) is 5.48. The van der Waals surface area contributed by atoms with Crippen LogP contribution in [0.4, 0.5) is 0 Å². The number of hydrogen-bond donors (Lipinski definition) is 1. The molecule has 0 unspecified atom stereocenters. The van der Waals surface area contributed by atoms with Gasteiger partial charge in [-0.25, -0.2) is 9.67 Å². The fraction of sp³-hybridized carbons (Fsp3) is 0.167. The van der Waals surface area contributed by atoms with E-state index in [9.17, 15) is 0 Å². The van der Waals surface area contributed by atoms with Gasteiger partial charge in [0, 0.05) is 23.7 Å².